The summed E-state index contributed by atoms with van der Waals surface area (Å²) in [5.41, 5.74) is -0.804. The van der Waals surface area contributed by atoms with Gasteiger partial charge in [0.1, 0.15) is 0 Å². The number of amides is 1. The summed E-state index contributed by atoms with van der Waals surface area (Å²) in [6, 6.07) is 3.59. The Bertz CT molecular complexity index is 373. The third-order valence-electron chi connectivity index (χ3n) is 1.71. The highest BCUT2D eigenvalue weighted by Gasteiger charge is 2.30. The fraction of sp³-hybridized carbons (Fsp3) is 0.222. The molecule has 1 rings (SSSR count). The average molecular weight is 235 g/mol. The second-order valence-corrected chi connectivity index (χ2v) is 2.94. The van der Waals surface area contributed by atoms with E-state index in [4.69, 9.17) is 10.2 Å². The normalized spacial score (nSPS) is 11.6. The van der Waals surface area contributed by atoms with Gasteiger partial charge in [-0.2, -0.15) is 13.2 Å². The van der Waals surface area contributed by atoms with Crippen molar-refractivity contribution in [3.05, 3.63) is 29.8 Å². The molecule has 0 aliphatic rings. The molecule has 3 N–H and O–H groups in total. The van der Waals surface area contributed by atoms with Gasteiger partial charge in [0.2, 0.25) is 6.29 Å². The van der Waals surface area contributed by atoms with Crippen molar-refractivity contribution >= 4 is 11.6 Å². The van der Waals surface area contributed by atoms with Crippen LogP contribution in [-0.4, -0.2) is 22.4 Å². The topological polar surface area (TPSA) is 69.6 Å². The van der Waals surface area contributed by atoms with Gasteiger partial charge in [0, 0.05) is 5.69 Å². The van der Waals surface area contributed by atoms with Crippen LogP contribution in [0.5, 0.6) is 0 Å². The maximum atomic E-state index is 12.1. The Balaban J connectivity index is 2.76. The molecule has 88 valence electrons. The number of carbonyl (C=O) groups is 1. The van der Waals surface area contributed by atoms with Gasteiger partial charge in [0.05, 0.1) is 5.56 Å². The summed E-state index contributed by atoms with van der Waals surface area (Å²) in [6.45, 7) is 0. The molecule has 1 aromatic carbocycles. The lowest BCUT2D eigenvalue weighted by molar-refractivity contribution is -0.141. The van der Waals surface area contributed by atoms with E-state index in [1.807, 2.05) is 5.32 Å². The van der Waals surface area contributed by atoms with Crippen LogP contribution in [0.15, 0.2) is 24.3 Å². The quantitative estimate of drug-likeness (QED) is 0.668. The number of anilines is 1. The molecular weight excluding hydrogens is 227 g/mol. The second kappa shape index (κ2) is 4.50. The van der Waals surface area contributed by atoms with Crippen LogP contribution in [0.25, 0.3) is 0 Å². The van der Waals surface area contributed by atoms with E-state index in [2.05, 4.69) is 0 Å². The minimum absolute atomic E-state index is 0.0473. The summed E-state index contributed by atoms with van der Waals surface area (Å²) in [5, 5.41) is 18.9. The van der Waals surface area contributed by atoms with E-state index in [1.54, 1.807) is 0 Å². The predicted molar refractivity (Wildman–Crippen MR) is 48.3 cm³/mol. The lowest BCUT2D eigenvalue weighted by Crippen LogP contribution is -2.26. The van der Waals surface area contributed by atoms with Crippen molar-refractivity contribution in [2.24, 2.45) is 0 Å². The van der Waals surface area contributed by atoms with Crippen LogP contribution in [0, 0.1) is 0 Å². The molecule has 0 aliphatic heterocycles. The zero-order valence-corrected chi connectivity index (χ0v) is 7.82. The number of carbonyl (C=O) groups excluding carboxylic acids is 1. The highest BCUT2D eigenvalue weighted by molar-refractivity contribution is 5.92. The number of benzene rings is 1. The Morgan fingerprint density at radius 3 is 2.06 bits per heavy atom. The first-order valence-electron chi connectivity index (χ1n) is 4.15. The molecular formula is C9H8F3NO3. The number of halogens is 3. The van der Waals surface area contributed by atoms with Gasteiger partial charge in [0.15, 0.2) is 0 Å². The molecule has 0 aromatic heterocycles. The first-order valence-corrected chi connectivity index (χ1v) is 4.15. The van der Waals surface area contributed by atoms with E-state index >= 15 is 0 Å². The Labute approximate surface area is 88.3 Å². The smallest absolute Gasteiger partial charge is 0.361 e. The zero-order valence-electron chi connectivity index (χ0n) is 7.82. The van der Waals surface area contributed by atoms with Crippen LogP contribution in [0.4, 0.5) is 18.9 Å². The fourth-order valence-corrected chi connectivity index (χ4v) is 0.949. The molecule has 0 spiro atoms. The van der Waals surface area contributed by atoms with Gasteiger partial charge in [0.25, 0.3) is 5.91 Å². The van der Waals surface area contributed by atoms with Crippen molar-refractivity contribution in [2.75, 3.05) is 5.32 Å². The van der Waals surface area contributed by atoms with Crippen molar-refractivity contribution in [1.29, 1.82) is 0 Å². The molecule has 0 radical (unpaired) electrons. The maximum absolute atomic E-state index is 12.1. The summed E-state index contributed by atoms with van der Waals surface area (Å²) in [5.74, 6) is -1.11. The summed E-state index contributed by atoms with van der Waals surface area (Å²) in [6.07, 6.45) is -6.65. The van der Waals surface area contributed by atoms with Gasteiger partial charge in [-0.15, -0.1) is 0 Å². The van der Waals surface area contributed by atoms with E-state index in [1.165, 1.54) is 0 Å². The predicted octanol–water partition coefficient (Wildman–Crippen LogP) is 0.955. The zero-order chi connectivity index (χ0) is 12.3. The van der Waals surface area contributed by atoms with Gasteiger partial charge in [-0.05, 0) is 24.3 Å². The van der Waals surface area contributed by atoms with E-state index < -0.39 is 23.9 Å². The average Bonchev–Trinajstić information content (AvgIpc) is 2.17. The van der Waals surface area contributed by atoms with E-state index in [-0.39, 0.29) is 5.69 Å². The van der Waals surface area contributed by atoms with Crippen molar-refractivity contribution in [3.63, 3.8) is 0 Å². The molecule has 16 heavy (non-hydrogen) atoms. The lowest BCUT2D eigenvalue weighted by Gasteiger charge is -2.09. The summed E-state index contributed by atoms with van der Waals surface area (Å²) in [7, 11) is 0. The first-order chi connectivity index (χ1) is 7.30. The highest BCUT2D eigenvalue weighted by atomic mass is 19.4. The van der Waals surface area contributed by atoms with E-state index in [0.29, 0.717) is 0 Å². The number of rotatable bonds is 2. The lowest BCUT2D eigenvalue weighted by atomic mass is 10.2. The number of aliphatic hydroxyl groups is 2. The van der Waals surface area contributed by atoms with Crippen LogP contribution in [0.2, 0.25) is 0 Å². The monoisotopic (exact) mass is 235 g/mol. The number of hydrogen-bond donors (Lipinski definition) is 3. The largest absolute Gasteiger partial charge is 0.416 e. The van der Waals surface area contributed by atoms with Crippen LogP contribution in [0.3, 0.4) is 0 Å². The first kappa shape index (κ1) is 12.5. The van der Waals surface area contributed by atoms with Crippen molar-refractivity contribution < 1.29 is 28.2 Å². The van der Waals surface area contributed by atoms with Crippen LogP contribution in [0.1, 0.15) is 5.56 Å². The molecule has 0 bridgehead atoms. The van der Waals surface area contributed by atoms with Gasteiger partial charge in [-0.25, -0.2) is 0 Å². The molecule has 0 saturated carbocycles. The van der Waals surface area contributed by atoms with Gasteiger partial charge in [-0.1, -0.05) is 0 Å². The summed E-state index contributed by atoms with van der Waals surface area (Å²) in [4.78, 5) is 10.8. The number of alkyl halides is 3. The molecule has 1 aromatic rings. The van der Waals surface area contributed by atoms with Crippen molar-refractivity contribution in [1.82, 2.24) is 0 Å². The SMILES string of the molecule is O=C(Nc1ccc(C(F)(F)F)cc1)C(O)O. The fourth-order valence-electron chi connectivity index (χ4n) is 0.949. The Morgan fingerprint density at radius 2 is 1.69 bits per heavy atom. The van der Waals surface area contributed by atoms with Crippen LogP contribution < -0.4 is 5.32 Å². The van der Waals surface area contributed by atoms with Crippen LogP contribution >= 0.6 is 0 Å². The molecule has 0 unspecified atom stereocenters. The summed E-state index contributed by atoms with van der Waals surface area (Å²) >= 11 is 0. The summed E-state index contributed by atoms with van der Waals surface area (Å²) < 4.78 is 36.4. The molecule has 1 amide bonds. The molecule has 0 heterocycles. The third kappa shape index (κ3) is 3.21. The van der Waals surface area contributed by atoms with Crippen molar-refractivity contribution in [2.45, 2.75) is 12.5 Å². The maximum Gasteiger partial charge on any atom is 0.416 e. The number of nitrogens with one attached hydrogen (secondary N) is 1. The molecule has 0 saturated heterocycles. The molecule has 0 aliphatic carbocycles. The van der Waals surface area contributed by atoms with Gasteiger partial charge in [-0.3, -0.25) is 4.79 Å². The molecule has 4 nitrogen and oxygen atoms in total. The number of hydrogen-bond acceptors (Lipinski definition) is 3. The molecule has 0 fully saturated rings. The number of aliphatic hydroxyl groups excluding tert-OH is 1. The Kier molecular flexibility index (Phi) is 3.51. The van der Waals surface area contributed by atoms with Crippen LogP contribution in [-0.2, 0) is 11.0 Å². The Morgan fingerprint density at radius 1 is 1.19 bits per heavy atom. The van der Waals surface area contributed by atoms with E-state index in [0.717, 1.165) is 24.3 Å². The molecule has 0 atom stereocenters. The standard InChI is InChI=1S/C9H8F3NO3/c10-9(11,12)5-1-3-6(4-2-5)13-7(14)8(15)16/h1-4,8,15-16H,(H,13,14). The highest BCUT2D eigenvalue weighted by Crippen LogP contribution is 2.29. The Hall–Kier alpha value is -1.60. The van der Waals surface area contributed by atoms with Crippen molar-refractivity contribution in [3.8, 4) is 0 Å². The van der Waals surface area contributed by atoms with E-state index in [9.17, 15) is 18.0 Å². The minimum Gasteiger partial charge on any atom is -0.361 e. The van der Waals surface area contributed by atoms with Gasteiger partial charge >= 0.3 is 6.18 Å². The third-order valence-corrected chi connectivity index (χ3v) is 1.71. The minimum atomic E-state index is -4.45. The second-order valence-electron chi connectivity index (χ2n) is 2.94. The van der Waals surface area contributed by atoms with Gasteiger partial charge < -0.3 is 15.5 Å². The molecule has 7 heteroatoms.